The van der Waals surface area contributed by atoms with Gasteiger partial charge in [0.2, 0.25) is 0 Å². The first-order chi connectivity index (χ1) is 7.77. The minimum Gasteiger partial charge on any atom is -0.236 e. The van der Waals surface area contributed by atoms with Crippen LogP contribution in [0.15, 0.2) is 0 Å². The van der Waals surface area contributed by atoms with Gasteiger partial charge in [0, 0.05) is 0 Å². The first kappa shape index (κ1) is 16.9. The zero-order chi connectivity index (χ0) is 13.4. The molecule has 0 amide bonds. The van der Waals surface area contributed by atoms with Gasteiger partial charge in [0.25, 0.3) is 0 Å². The summed E-state index contributed by atoms with van der Waals surface area (Å²) in [5, 5.41) is 0. The van der Waals surface area contributed by atoms with Crippen molar-refractivity contribution < 1.29 is 9.78 Å². The van der Waals surface area contributed by atoms with Crippen LogP contribution in [-0.2, 0) is 9.78 Å². The second-order valence-corrected chi connectivity index (χ2v) is 6.82. The van der Waals surface area contributed by atoms with Crippen molar-refractivity contribution in [1.82, 2.24) is 0 Å². The highest BCUT2D eigenvalue weighted by Crippen LogP contribution is 2.29. The molecule has 0 spiro atoms. The molecule has 0 bridgehead atoms. The first-order valence-corrected chi connectivity index (χ1v) is 7.07. The largest absolute Gasteiger partial charge is 0.236 e. The maximum Gasteiger partial charge on any atom is 0.0985 e. The minimum absolute atomic E-state index is 0.193. The SMILES string of the molecule is CCCCCCCOOC(C)(C)CC(C)(C)C. The summed E-state index contributed by atoms with van der Waals surface area (Å²) in [7, 11) is 0. The molecule has 0 atom stereocenters. The second kappa shape index (κ2) is 8.10. The fraction of sp³-hybridized carbons (Fsp3) is 1.00. The summed E-state index contributed by atoms with van der Waals surface area (Å²) >= 11 is 0. The Morgan fingerprint density at radius 1 is 0.824 bits per heavy atom. The van der Waals surface area contributed by atoms with Gasteiger partial charge < -0.3 is 0 Å². The Labute approximate surface area is 108 Å². The van der Waals surface area contributed by atoms with E-state index in [0.29, 0.717) is 0 Å². The molecule has 2 nitrogen and oxygen atoms in total. The second-order valence-electron chi connectivity index (χ2n) is 6.82. The smallest absolute Gasteiger partial charge is 0.0985 e. The summed E-state index contributed by atoms with van der Waals surface area (Å²) in [5.41, 5.74) is 0.0790. The highest BCUT2D eigenvalue weighted by molar-refractivity contribution is 4.75. The molecule has 0 aromatic rings. The Kier molecular flexibility index (Phi) is 8.06. The topological polar surface area (TPSA) is 18.5 Å². The van der Waals surface area contributed by atoms with E-state index in [1.54, 1.807) is 0 Å². The van der Waals surface area contributed by atoms with E-state index in [1.807, 2.05) is 0 Å². The van der Waals surface area contributed by atoms with E-state index in [0.717, 1.165) is 19.4 Å². The Morgan fingerprint density at radius 2 is 1.41 bits per heavy atom. The molecular weight excluding hydrogens is 212 g/mol. The van der Waals surface area contributed by atoms with E-state index in [1.165, 1.54) is 25.7 Å². The Bertz CT molecular complexity index is 180. The van der Waals surface area contributed by atoms with Crippen LogP contribution in [0.2, 0.25) is 0 Å². The van der Waals surface area contributed by atoms with Crippen molar-refractivity contribution in [1.29, 1.82) is 0 Å². The third-order valence-corrected chi connectivity index (χ3v) is 2.57. The standard InChI is InChI=1S/C15H32O2/c1-7-8-9-10-11-12-16-17-15(5,6)13-14(2,3)4/h7-13H2,1-6H3. The van der Waals surface area contributed by atoms with Gasteiger partial charge in [0.15, 0.2) is 0 Å². The summed E-state index contributed by atoms with van der Waals surface area (Å²) in [6, 6.07) is 0. The summed E-state index contributed by atoms with van der Waals surface area (Å²) in [6.07, 6.45) is 7.27. The minimum atomic E-state index is -0.193. The summed E-state index contributed by atoms with van der Waals surface area (Å²) < 4.78 is 0. The van der Waals surface area contributed by atoms with Crippen LogP contribution >= 0.6 is 0 Å². The van der Waals surface area contributed by atoms with Crippen LogP contribution < -0.4 is 0 Å². The van der Waals surface area contributed by atoms with Crippen LogP contribution in [0, 0.1) is 5.41 Å². The molecule has 17 heavy (non-hydrogen) atoms. The monoisotopic (exact) mass is 244 g/mol. The van der Waals surface area contributed by atoms with E-state index in [2.05, 4.69) is 41.5 Å². The molecular formula is C15H32O2. The third-order valence-electron chi connectivity index (χ3n) is 2.57. The molecule has 0 aromatic heterocycles. The molecule has 0 saturated heterocycles. The van der Waals surface area contributed by atoms with Crippen LogP contribution in [0.4, 0.5) is 0 Å². The van der Waals surface area contributed by atoms with Crippen LogP contribution in [0.1, 0.15) is 80.1 Å². The van der Waals surface area contributed by atoms with E-state index in [-0.39, 0.29) is 11.0 Å². The molecule has 0 aliphatic rings. The summed E-state index contributed by atoms with van der Waals surface area (Å²) in [4.78, 5) is 10.8. The fourth-order valence-corrected chi connectivity index (χ4v) is 2.27. The predicted molar refractivity (Wildman–Crippen MR) is 73.9 cm³/mol. The molecule has 0 aromatic carbocycles. The molecule has 0 N–H and O–H groups in total. The van der Waals surface area contributed by atoms with Gasteiger partial charge in [-0.15, -0.1) is 0 Å². The Morgan fingerprint density at radius 3 is 1.94 bits per heavy atom. The number of rotatable bonds is 9. The lowest BCUT2D eigenvalue weighted by Crippen LogP contribution is -2.30. The molecule has 0 aliphatic carbocycles. The van der Waals surface area contributed by atoms with E-state index in [9.17, 15) is 0 Å². The lowest BCUT2D eigenvalue weighted by Gasteiger charge is -2.30. The average Bonchev–Trinajstić information content (AvgIpc) is 2.12. The molecule has 0 radical (unpaired) electrons. The highest BCUT2D eigenvalue weighted by Gasteiger charge is 2.27. The van der Waals surface area contributed by atoms with Gasteiger partial charge in [0.05, 0.1) is 12.2 Å². The average molecular weight is 244 g/mol. The van der Waals surface area contributed by atoms with E-state index >= 15 is 0 Å². The zero-order valence-corrected chi connectivity index (χ0v) is 12.8. The normalized spacial score (nSPS) is 13.1. The number of unbranched alkanes of at least 4 members (excludes halogenated alkanes) is 4. The van der Waals surface area contributed by atoms with Crippen LogP contribution in [0.3, 0.4) is 0 Å². The van der Waals surface area contributed by atoms with Gasteiger partial charge in [-0.3, -0.25) is 0 Å². The van der Waals surface area contributed by atoms with Gasteiger partial charge in [0.1, 0.15) is 0 Å². The zero-order valence-electron chi connectivity index (χ0n) is 12.8. The quantitative estimate of drug-likeness (QED) is 0.318. The van der Waals surface area contributed by atoms with Crippen molar-refractivity contribution in [3.8, 4) is 0 Å². The van der Waals surface area contributed by atoms with Gasteiger partial charge in [-0.2, -0.15) is 0 Å². The van der Waals surface area contributed by atoms with Crippen molar-refractivity contribution in [2.45, 2.75) is 85.7 Å². The van der Waals surface area contributed by atoms with Crippen molar-refractivity contribution >= 4 is 0 Å². The van der Waals surface area contributed by atoms with E-state index < -0.39 is 0 Å². The van der Waals surface area contributed by atoms with Crippen LogP contribution in [0.5, 0.6) is 0 Å². The lowest BCUT2D eigenvalue weighted by molar-refractivity contribution is -0.358. The molecule has 0 unspecified atom stereocenters. The van der Waals surface area contributed by atoms with Crippen molar-refractivity contribution in [2.24, 2.45) is 5.41 Å². The first-order valence-electron chi connectivity index (χ1n) is 7.07. The number of hydrogen-bond donors (Lipinski definition) is 0. The molecule has 0 fully saturated rings. The molecule has 0 aliphatic heterocycles. The third kappa shape index (κ3) is 12.2. The Hall–Kier alpha value is -0.0800. The van der Waals surface area contributed by atoms with E-state index in [4.69, 9.17) is 9.78 Å². The van der Waals surface area contributed by atoms with Gasteiger partial charge in [-0.1, -0.05) is 53.4 Å². The van der Waals surface area contributed by atoms with Gasteiger partial charge in [-0.05, 0) is 32.1 Å². The highest BCUT2D eigenvalue weighted by atomic mass is 17.2. The molecule has 0 heterocycles. The van der Waals surface area contributed by atoms with Gasteiger partial charge >= 0.3 is 0 Å². The predicted octanol–water partition coefficient (Wildman–Crippen LogP) is 5.12. The Balaban J connectivity index is 3.52. The molecule has 104 valence electrons. The van der Waals surface area contributed by atoms with Crippen molar-refractivity contribution in [3.63, 3.8) is 0 Å². The molecule has 2 heteroatoms. The molecule has 0 rings (SSSR count). The summed E-state index contributed by atoms with van der Waals surface area (Å²) in [5.74, 6) is 0. The maximum absolute atomic E-state index is 5.51. The molecule has 0 saturated carbocycles. The number of hydrogen-bond acceptors (Lipinski definition) is 2. The fourth-order valence-electron chi connectivity index (χ4n) is 2.27. The summed E-state index contributed by atoms with van der Waals surface area (Å²) in [6.45, 7) is 13.8. The van der Waals surface area contributed by atoms with Crippen LogP contribution in [0.25, 0.3) is 0 Å². The van der Waals surface area contributed by atoms with Gasteiger partial charge in [-0.25, -0.2) is 9.78 Å². The van der Waals surface area contributed by atoms with Crippen molar-refractivity contribution in [2.75, 3.05) is 6.61 Å². The maximum atomic E-state index is 5.51. The van der Waals surface area contributed by atoms with Crippen molar-refractivity contribution in [3.05, 3.63) is 0 Å². The van der Waals surface area contributed by atoms with Crippen LogP contribution in [-0.4, -0.2) is 12.2 Å². The lowest BCUT2D eigenvalue weighted by atomic mass is 9.84.